The lowest BCUT2D eigenvalue weighted by atomic mass is 10.0. The number of nitrogens with zero attached hydrogens (tertiary/aromatic N) is 1. The third-order valence-corrected chi connectivity index (χ3v) is 3.00. The molecule has 0 saturated carbocycles. The normalized spacial score (nSPS) is 10.8. The van der Waals surface area contributed by atoms with Crippen LogP contribution in [0.25, 0.3) is 0 Å². The number of hydrogen-bond donors (Lipinski definition) is 2. The van der Waals surface area contributed by atoms with Gasteiger partial charge in [-0.3, -0.25) is 0 Å². The molecule has 17 heavy (non-hydrogen) atoms. The molecular weight excluding hydrogens is 210 g/mol. The lowest BCUT2D eigenvalue weighted by Crippen LogP contribution is -2.06. The second kappa shape index (κ2) is 5.15. The monoisotopic (exact) mass is 229 g/mol. The van der Waals surface area contributed by atoms with E-state index < -0.39 is 0 Å². The molecule has 90 valence electrons. The van der Waals surface area contributed by atoms with Gasteiger partial charge in [-0.15, -0.1) is 0 Å². The van der Waals surface area contributed by atoms with Gasteiger partial charge in [0.25, 0.3) is 0 Å². The van der Waals surface area contributed by atoms with Crippen LogP contribution >= 0.6 is 0 Å². The number of hydrogen-bond acceptors (Lipinski definition) is 2. The SMILES string of the molecule is CNCc1nc(Cc2ccccc2C)c(C)[nH]1. The molecule has 3 heteroatoms. The van der Waals surface area contributed by atoms with E-state index in [-0.39, 0.29) is 0 Å². The average Bonchev–Trinajstić information content (AvgIpc) is 2.63. The van der Waals surface area contributed by atoms with Crippen molar-refractivity contribution in [2.75, 3.05) is 7.05 Å². The van der Waals surface area contributed by atoms with Gasteiger partial charge in [0.1, 0.15) is 5.82 Å². The van der Waals surface area contributed by atoms with Gasteiger partial charge in [0.05, 0.1) is 12.2 Å². The van der Waals surface area contributed by atoms with E-state index in [1.165, 1.54) is 16.8 Å². The first-order valence-electron chi connectivity index (χ1n) is 5.94. The molecule has 2 aromatic rings. The number of imidazole rings is 1. The molecule has 2 rings (SSSR count). The molecule has 0 aliphatic rings. The van der Waals surface area contributed by atoms with Crippen LogP contribution < -0.4 is 5.32 Å². The van der Waals surface area contributed by atoms with Crippen molar-refractivity contribution in [2.24, 2.45) is 0 Å². The molecule has 0 aliphatic carbocycles. The number of rotatable bonds is 4. The van der Waals surface area contributed by atoms with Gasteiger partial charge in [-0.1, -0.05) is 24.3 Å². The van der Waals surface area contributed by atoms with Crippen LogP contribution in [0.1, 0.15) is 28.3 Å². The van der Waals surface area contributed by atoms with Crippen molar-refractivity contribution >= 4 is 0 Å². The molecular formula is C14H19N3. The predicted octanol–water partition coefficient (Wildman–Crippen LogP) is 2.34. The summed E-state index contributed by atoms with van der Waals surface area (Å²) in [6, 6.07) is 8.47. The molecule has 1 aromatic heterocycles. The summed E-state index contributed by atoms with van der Waals surface area (Å²) >= 11 is 0. The molecule has 0 unspecified atom stereocenters. The van der Waals surface area contributed by atoms with Gasteiger partial charge < -0.3 is 10.3 Å². The Morgan fingerprint density at radius 2 is 2.00 bits per heavy atom. The Kier molecular flexibility index (Phi) is 3.59. The molecule has 0 spiro atoms. The fourth-order valence-corrected chi connectivity index (χ4v) is 1.98. The van der Waals surface area contributed by atoms with Crippen LogP contribution in [-0.4, -0.2) is 17.0 Å². The van der Waals surface area contributed by atoms with Gasteiger partial charge in [0.2, 0.25) is 0 Å². The highest BCUT2D eigenvalue weighted by molar-refractivity contribution is 5.31. The molecule has 0 saturated heterocycles. The molecule has 2 N–H and O–H groups in total. The van der Waals surface area contributed by atoms with E-state index in [4.69, 9.17) is 0 Å². The minimum absolute atomic E-state index is 0.786. The van der Waals surface area contributed by atoms with Crippen molar-refractivity contribution in [1.29, 1.82) is 0 Å². The third kappa shape index (κ3) is 2.74. The highest BCUT2D eigenvalue weighted by Crippen LogP contribution is 2.15. The molecule has 0 amide bonds. The molecule has 0 atom stereocenters. The summed E-state index contributed by atoms with van der Waals surface area (Å²) in [6.07, 6.45) is 0.902. The number of benzene rings is 1. The zero-order chi connectivity index (χ0) is 12.3. The highest BCUT2D eigenvalue weighted by Gasteiger charge is 2.08. The summed E-state index contributed by atoms with van der Waals surface area (Å²) in [7, 11) is 1.93. The van der Waals surface area contributed by atoms with Gasteiger partial charge in [0.15, 0.2) is 0 Å². The fourth-order valence-electron chi connectivity index (χ4n) is 1.98. The smallest absolute Gasteiger partial charge is 0.120 e. The minimum atomic E-state index is 0.786. The lowest BCUT2D eigenvalue weighted by molar-refractivity contribution is 0.768. The van der Waals surface area contributed by atoms with Crippen LogP contribution in [0.15, 0.2) is 24.3 Å². The maximum Gasteiger partial charge on any atom is 0.120 e. The Morgan fingerprint density at radius 1 is 1.24 bits per heavy atom. The maximum atomic E-state index is 4.62. The zero-order valence-electron chi connectivity index (χ0n) is 10.7. The second-order valence-corrected chi connectivity index (χ2v) is 4.39. The Balaban J connectivity index is 2.21. The highest BCUT2D eigenvalue weighted by atomic mass is 15.0. The molecule has 0 bridgehead atoms. The number of aromatic nitrogens is 2. The van der Waals surface area contributed by atoms with E-state index in [2.05, 4.69) is 53.4 Å². The summed E-state index contributed by atoms with van der Waals surface area (Å²) in [5.41, 5.74) is 4.98. The van der Waals surface area contributed by atoms with Crippen molar-refractivity contribution < 1.29 is 0 Å². The van der Waals surface area contributed by atoms with Gasteiger partial charge >= 0.3 is 0 Å². The summed E-state index contributed by atoms with van der Waals surface area (Å²) < 4.78 is 0. The Hall–Kier alpha value is -1.61. The zero-order valence-corrected chi connectivity index (χ0v) is 10.7. The summed E-state index contributed by atoms with van der Waals surface area (Å²) in [5, 5.41) is 3.11. The fraction of sp³-hybridized carbons (Fsp3) is 0.357. The lowest BCUT2D eigenvalue weighted by Gasteiger charge is -2.03. The van der Waals surface area contributed by atoms with Crippen LogP contribution in [0.5, 0.6) is 0 Å². The first-order valence-corrected chi connectivity index (χ1v) is 5.94. The van der Waals surface area contributed by atoms with E-state index >= 15 is 0 Å². The maximum absolute atomic E-state index is 4.62. The van der Waals surface area contributed by atoms with Gasteiger partial charge in [-0.2, -0.15) is 0 Å². The number of aryl methyl sites for hydroxylation is 2. The van der Waals surface area contributed by atoms with Gasteiger partial charge in [-0.25, -0.2) is 4.98 Å². The molecule has 0 aliphatic heterocycles. The summed E-state index contributed by atoms with van der Waals surface area (Å²) in [5.74, 6) is 1.01. The van der Waals surface area contributed by atoms with Crippen molar-refractivity contribution in [2.45, 2.75) is 26.8 Å². The summed E-state index contributed by atoms with van der Waals surface area (Å²) in [4.78, 5) is 7.93. The number of aromatic amines is 1. The number of H-pyrrole nitrogens is 1. The Morgan fingerprint density at radius 3 is 2.71 bits per heavy atom. The molecule has 0 fully saturated rings. The van der Waals surface area contributed by atoms with Gasteiger partial charge in [-0.05, 0) is 32.0 Å². The molecule has 1 heterocycles. The van der Waals surface area contributed by atoms with Crippen LogP contribution in [0.3, 0.4) is 0 Å². The third-order valence-electron chi connectivity index (χ3n) is 3.00. The van der Waals surface area contributed by atoms with Crippen molar-refractivity contribution in [3.63, 3.8) is 0 Å². The first kappa shape index (κ1) is 11.9. The van der Waals surface area contributed by atoms with E-state index in [1.54, 1.807) is 0 Å². The topological polar surface area (TPSA) is 40.7 Å². The van der Waals surface area contributed by atoms with E-state index in [0.29, 0.717) is 0 Å². The molecule has 3 nitrogen and oxygen atoms in total. The van der Waals surface area contributed by atoms with E-state index in [0.717, 1.165) is 24.5 Å². The van der Waals surface area contributed by atoms with E-state index in [1.807, 2.05) is 7.05 Å². The Labute approximate surface area is 102 Å². The molecule has 0 radical (unpaired) electrons. The average molecular weight is 229 g/mol. The quantitative estimate of drug-likeness (QED) is 0.845. The molecule has 1 aromatic carbocycles. The van der Waals surface area contributed by atoms with Crippen LogP contribution in [0, 0.1) is 13.8 Å². The van der Waals surface area contributed by atoms with E-state index in [9.17, 15) is 0 Å². The first-order chi connectivity index (χ1) is 8.20. The minimum Gasteiger partial charge on any atom is -0.345 e. The summed E-state index contributed by atoms with van der Waals surface area (Å²) in [6.45, 7) is 5.01. The predicted molar refractivity (Wildman–Crippen MR) is 70.1 cm³/mol. The largest absolute Gasteiger partial charge is 0.345 e. The standard InChI is InChI=1S/C14H19N3/c1-10-6-4-5-7-12(10)8-13-11(2)16-14(17-13)9-15-3/h4-7,15H,8-9H2,1-3H3,(H,16,17). The van der Waals surface area contributed by atoms with Crippen molar-refractivity contribution in [3.05, 3.63) is 52.6 Å². The van der Waals surface area contributed by atoms with Gasteiger partial charge in [0, 0.05) is 12.1 Å². The van der Waals surface area contributed by atoms with Crippen LogP contribution in [0.2, 0.25) is 0 Å². The van der Waals surface area contributed by atoms with Crippen LogP contribution in [-0.2, 0) is 13.0 Å². The van der Waals surface area contributed by atoms with Crippen molar-refractivity contribution in [1.82, 2.24) is 15.3 Å². The number of nitrogens with one attached hydrogen (secondary N) is 2. The van der Waals surface area contributed by atoms with Crippen molar-refractivity contribution in [3.8, 4) is 0 Å². The van der Waals surface area contributed by atoms with Crippen LogP contribution in [0.4, 0.5) is 0 Å². The Bertz CT molecular complexity index is 500. The second-order valence-electron chi connectivity index (χ2n) is 4.39.